The zero-order valence-electron chi connectivity index (χ0n) is 9.31. The molecular formula is C12H15NO2S. The standard InChI is InChI=1S/C12H15NO2S/c1-9-8-16-11(13-9)7-15-12(14)10-5-3-2-4-6-10/h2-3,8,10H,4-7H2,1H3/t10-/m1/s1. The molecule has 0 fully saturated rings. The third kappa shape index (κ3) is 2.92. The Hall–Kier alpha value is -1.16. The van der Waals surface area contributed by atoms with Crippen LogP contribution in [0.5, 0.6) is 0 Å². The van der Waals surface area contributed by atoms with Gasteiger partial charge >= 0.3 is 5.97 Å². The Kier molecular flexibility index (Phi) is 3.72. The number of ether oxygens (including phenoxy) is 1. The van der Waals surface area contributed by atoms with Crippen LogP contribution in [0.3, 0.4) is 0 Å². The first-order valence-corrected chi connectivity index (χ1v) is 6.36. The smallest absolute Gasteiger partial charge is 0.309 e. The van der Waals surface area contributed by atoms with Crippen molar-refractivity contribution in [3.63, 3.8) is 0 Å². The number of hydrogen-bond donors (Lipinski definition) is 0. The topological polar surface area (TPSA) is 39.2 Å². The maximum absolute atomic E-state index is 11.7. The van der Waals surface area contributed by atoms with Gasteiger partial charge in [0.05, 0.1) is 5.92 Å². The fraction of sp³-hybridized carbons (Fsp3) is 0.500. The molecule has 2 rings (SSSR count). The highest BCUT2D eigenvalue weighted by molar-refractivity contribution is 7.09. The summed E-state index contributed by atoms with van der Waals surface area (Å²) in [5.74, 6) is -0.0386. The van der Waals surface area contributed by atoms with Gasteiger partial charge in [0.1, 0.15) is 11.6 Å². The van der Waals surface area contributed by atoms with E-state index in [1.807, 2.05) is 12.3 Å². The lowest BCUT2D eigenvalue weighted by Gasteiger charge is -2.15. The van der Waals surface area contributed by atoms with Crippen LogP contribution < -0.4 is 0 Å². The molecule has 0 amide bonds. The van der Waals surface area contributed by atoms with Gasteiger partial charge in [0, 0.05) is 11.1 Å². The van der Waals surface area contributed by atoms with Gasteiger partial charge in [0.2, 0.25) is 0 Å². The number of nitrogens with zero attached hydrogens (tertiary/aromatic N) is 1. The Morgan fingerprint density at radius 1 is 1.62 bits per heavy atom. The van der Waals surface area contributed by atoms with Crippen molar-refractivity contribution in [2.24, 2.45) is 5.92 Å². The average Bonchev–Trinajstić information content (AvgIpc) is 2.73. The number of rotatable bonds is 3. The molecule has 1 aliphatic rings. The minimum atomic E-state index is -0.0859. The normalized spacial score (nSPS) is 19.7. The highest BCUT2D eigenvalue weighted by Gasteiger charge is 2.20. The van der Waals surface area contributed by atoms with E-state index in [2.05, 4.69) is 17.1 Å². The number of carbonyl (C=O) groups excluding carboxylic acids is 1. The van der Waals surface area contributed by atoms with E-state index < -0.39 is 0 Å². The second kappa shape index (κ2) is 5.25. The van der Waals surface area contributed by atoms with E-state index in [4.69, 9.17) is 4.74 Å². The molecule has 86 valence electrons. The minimum absolute atomic E-state index is 0.0473. The first-order chi connectivity index (χ1) is 7.75. The summed E-state index contributed by atoms with van der Waals surface area (Å²) in [6, 6.07) is 0. The molecule has 1 aromatic rings. The molecule has 1 heterocycles. The molecule has 0 N–H and O–H groups in total. The van der Waals surface area contributed by atoms with E-state index in [9.17, 15) is 4.79 Å². The molecular weight excluding hydrogens is 222 g/mol. The van der Waals surface area contributed by atoms with Crippen LogP contribution in [-0.4, -0.2) is 11.0 Å². The van der Waals surface area contributed by atoms with E-state index in [0.29, 0.717) is 6.61 Å². The van der Waals surface area contributed by atoms with Gasteiger partial charge in [-0.15, -0.1) is 11.3 Å². The van der Waals surface area contributed by atoms with Crippen LogP contribution in [0.4, 0.5) is 0 Å². The Morgan fingerprint density at radius 3 is 3.12 bits per heavy atom. The summed E-state index contributed by atoms with van der Waals surface area (Å²) < 4.78 is 5.26. The quantitative estimate of drug-likeness (QED) is 0.599. The van der Waals surface area contributed by atoms with Crippen LogP contribution >= 0.6 is 11.3 Å². The van der Waals surface area contributed by atoms with Crippen LogP contribution in [0.1, 0.15) is 30.0 Å². The van der Waals surface area contributed by atoms with E-state index in [-0.39, 0.29) is 11.9 Å². The number of esters is 1. The Balaban J connectivity index is 1.81. The predicted octanol–water partition coefficient (Wildman–Crippen LogP) is 2.85. The third-order valence-electron chi connectivity index (χ3n) is 2.61. The maximum Gasteiger partial charge on any atom is 0.309 e. The number of thiazole rings is 1. The maximum atomic E-state index is 11.7. The Bertz CT molecular complexity index is 397. The van der Waals surface area contributed by atoms with Gasteiger partial charge in [-0.2, -0.15) is 0 Å². The third-order valence-corrected chi connectivity index (χ3v) is 3.55. The lowest BCUT2D eigenvalue weighted by atomic mass is 9.95. The summed E-state index contributed by atoms with van der Waals surface area (Å²) in [5.41, 5.74) is 0.983. The summed E-state index contributed by atoms with van der Waals surface area (Å²) in [7, 11) is 0. The molecule has 1 aliphatic carbocycles. The summed E-state index contributed by atoms with van der Waals surface area (Å²) in [6.45, 7) is 2.26. The van der Waals surface area contributed by atoms with Crippen molar-refractivity contribution < 1.29 is 9.53 Å². The first-order valence-electron chi connectivity index (χ1n) is 5.48. The highest BCUT2D eigenvalue weighted by atomic mass is 32.1. The number of allylic oxidation sites excluding steroid dienone is 2. The zero-order chi connectivity index (χ0) is 11.4. The number of aromatic nitrogens is 1. The summed E-state index contributed by atoms with van der Waals surface area (Å²) in [6.07, 6.45) is 6.88. The van der Waals surface area contributed by atoms with E-state index >= 15 is 0 Å². The molecule has 0 saturated carbocycles. The Labute approximate surface area is 99.2 Å². The van der Waals surface area contributed by atoms with E-state index in [0.717, 1.165) is 30.0 Å². The van der Waals surface area contributed by atoms with Gasteiger partial charge in [-0.25, -0.2) is 4.98 Å². The fourth-order valence-corrected chi connectivity index (χ4v) is 2.41. The minimum Gasteiger partial charge on any atom is -0.458 e. The van der Waals surface area contributed by atoms with Crippen LogP contribution in [0.15, 0.2) is 17.5 Å². The van der Waals surface area contributed by atoms with Crippen LogP contribution in [-0.2, 0) is 16.1 Å². The van der Waals surface area contributed by atoms with Crippen LogP contribution in [0.25, 0.3) is 0 Å². The largest absolute Gasteiger partial charge is 0.458 e. The lowest BCUT2D eigenvalue weighted by molar-refractivity contribution is -0.150. The van der Waals surface area contributed by atoms with Gasteiger partial charge in [-0.1, -0.05) is 12.2 Å². The van der Waals surface area contributed by atoms with Gasteiger partial charge in [0.25, 0.3) is 0 Å². The monoisotopic (exact) mass is 237 g/mol. The van der Waals surface area contributed by atoms with Gasteiger partial charge in [0.15, 0.2) is 0 Å². The fourth-order valence-electron chi connectivity index (χ4n) is 1.73. The lowest BCUT2D eigenvalue weighted by Crippen LogP contribution is -2.18. The zero-order valence-corrected chi connectivity index (χ0v) is 10.1. The molecule has 0 bridgehead atoms. The molecule has 0 radical (unpaired) electrons. The molecule has 0 saturated heterocycles. The molecule has 16 heavy (non-hydrogen) atoms. The summed E-state index contributed by atoms with van der Waals surface area (Å²) in [4.78, 5) is 16.0. The molecule has 0 spiro atoms. The summed E-state index contributed by atoms with van der Waals surface area (Å²) >= 11 is 1.54. The second-order valence-corrected chi connectivity index (χ2v) is 4.91. The summed E-state index contributed by atoms with van der Waals surface area (Å²) in [5, 5.41) is 2.84. The predicted molar refractivity (Wildman–Crippen MR) is 63.1 cm³/mol. The molecule has 1 aromatic heterocycles. The average molecular weight is 237 g/mol. The molecule has 3 nitrogen and oxygen atoms in total. The molecule has 0 unspecified atom stereocenters. The Morgan fingerprint density at radius 2 is 2.50 bits per heavy atom. The number of hydrogen-bond acceptors (Lipinski definition) is 4. The molecule has 4 heteroatoms. The van der Waals surface area contributed by atoms with Crippen molar-refractivity contribution in [2.75, 3.05) is 0 Å². The second-order valence-electron chi connectivity index (χ2n) is 3.97. The van der Waals surface area contributed by atoms with Crippen molar-refractivity contribution in [1.82, 2.24) is 4.98 Å². The van der Waals surface area contributed by atoms with Crippen molar-refractivity contribution in [3.05, 3.63) is 28.2 Å². The molecule has 1 atom stereocenters. The SMILES string of the molecule is Cc1csc(COC(=O)[C@@H]2CC=CCC2)n1. The van der Waals surface area contributed by atoms with Gasteiger partial charge < -0.3 is 4.74 Å². The van der Waals surface area contributed by atoms with Crippen LogP contribution in [0, 0.1) is 12.8 Å². The van der Waals surface area contributed by atoms with E-state index in [1.165, 1.54) is 11.3 Å². The van der Waals surface area contributed by atoms with Crippen molar-refractivity contribution in [3.8, 4) is 0 Å². The highest BCUT2D eigenvalue weighted by Crippen LogP contribution is 2.20. The molecule has 0 aliphatic heterocycles. The van der Waals surface area contributed by atoms with Gasteiger partial charge in [-0.05, 0) is 26.2 Å². The first kappa shape index (κ1) is 11.3. The number of aryl methyl sites for hydroxylation is 1. The number of carbonyl (C=O) groups is 1. The van der Waals surface area contributed by atoms with E-state index in [1.54, 1.807) is 0 Å². The molecule has 0 aromatic carbocycles. The van der Waals surface area contributed by atoms with Crippen LogP contribution in [0.2, 0.25) is 0 Å². The van der Waals surface area contributed by atoms with Crippen molar-refractivity contribution in [1.29, 1.82) is 0 Å². The van der Waals surface area contributed by atoms with Crippen molar-refractivity contribution in [2.45, 2.75) is 32.8 Å². The van der Waals surface area contributed by atoms with Crippen molar-refractivity contribution >= 4 is 17.3 Å². The van der Waals surface area contributed by atoms with Gasteiger partial charge in [-0.3, -0.25) is 4.79 Å².